The number of aromatic nitrogens is 2. The fourth-order valence-corrected chi connectivity index (χ4v) is 8.42. The first-order chi connectivity index (χ1) is 22.3. The number of carbonyl (C=O) groups excluding carboxylic acids is 4. The third-order valence-corrected chi connectivity index (χ3v) is 10.7. The molecule has 0 unspecified atom stereocenters. The van der Waals surface area contributed by atoms with Gasteiger partial charge in [0.15, 0.2) is 23.1 Å². The Morgan fingerprint density at radius 1 is 0.435 bits per heavy atom. The Bertz CT molecular complexity index is 2370. The van der Waals surface area contributed by atoms with E-state index in [-0.39, 0.29) is 45.6 Å². The Hall–Kier alpha value is -5.84. The van der Waals surface area contributed by atoms with Crippen molar-refractivity contribution in [1.29, 1.82) is 0 Å². The number of hydrogen-bond acceptors (Lipinski definition) is 10. The molecule has 2 aromatic heterocycles. The van der Waals surface area contributed by atoms with E-state index >= 15 is 0 Å². The second kappa shape index (κ2) is 9.33. The molecule has 0 aliphatic heterocycles. The number of nitrogens with two attached hydrogens (primary N) is 2. The highest BCUT2D eigenvalue weighted by Gasteiger charge is 2.34. The first-order valence-corrected chi connectivity index (χ1v) is 15.9. The molecule has 0 fully saturated rings. The maximum atomic E-state index is 13.4. The van der Waals surface area contributed by atoms with Crippen LogP contribution in [0.4, 0.5) is 11.4 Å². The van der Waals surface area contributed by atoms with Crippen molar-refractivity contribution in [3.05, 3.63) is 129 Å². The molecule has 5 aromatic carbocycles. The number of thiazole rings is 2. The van der Waals surface area contributed by atoms with Crippen molar-refractivity contribution in [3.8, 4) is 21.1 Å². The summed E-state index contributed by atoms with van der Waals surface area (Å²) in [5, 5.41) is 1.24. The number of anilines is 2. The van der Waals surface area contributed by atoms with Crippen LogP contribution >= 0.6 is 22.7 Å². The van der Waals surface area contributed by atoms with E-state index in [0.29, 0.717) is 54.5 Å². The minimum Gasteiger partial charge on any atom is -0.398 e. The molecule has 0 amide bonds. The average Bonchev–Trinajstić information content (AvgIpc) is 3.67. The third kappa shape index (κ3) is 3.53. The van der Waals surface area contributed by atoms with Gasteiger partial charge in [-0.05, 0) is 36.4 Å². The molecule has 2 heterocycles. The molecular formula is C36H18N4O4S2. The number of nitrogen functional groups attached to an aromatic ring is 2. The first-order valence-electron chi connectivity index (χ1n) is 14.2. The summed E-state index contributed by atoms with van der Waals surface area (Å²) in [6, 6.07) is 24.2. The Labute approximate surface area is 268 Å². The van der Waals surface area contributed by atoms with Crippen molar-refractivity contribution in [2.45, 2.75) is 0 Å². The topological polar surface area (TPSA) is 146 Å². The number of benzene rings is 5. The lowest BCUT2D eigenvalue weighted by atomic mass is 9.82. The van der Waals surface area contributed by atoms with Crippen molar-refractivity contribution >= 4 is 77.6 Å². The molecular weight excluding hydrogens is 617 g/mol. The standard InChI is InChI=1S/C36H18N4O4S2/c37-29-21(11-9-19-27(29)33(43)17-7-3-1-5-15(17)31(19)41)35-39-23-13-26-24(14-25(23)45-35)40-36(46-26)22-12-10-20-28(30(22)38)34(44)18-8-4-2-6-16(18)32(20)42/h1-14H,37-38H2. The number of ketones is 4. The first kappa shape index (κ1) is 26.6. The van der Waals surface area contributed by atoms with Crippen LogP contribution in [0.15, 0.2) is 84.9 Å². The molecule has 2 aliphatic carbocycles. The van der Waals surface area contributed by atoms with Gasteiger partial charge in [0, 0.05) is 44.5 Å². The van der Waals surface area contributed by atoms with Crippen molar-refractivity contribution in [2.24, 2.45) is 0 Å². The molecule has 46 heavy (non-hydrogen) atoms. The number of hydrogen-bond donors (Lipinski definition) is 2. The van der Waals surface area contributed by atoms with E-state index in [1.165, 1.54) is 22.7 Å². The Morgan fingerprint density at radius 2 is 0.783 bits per heavy atom. The SMILES string of the molecule is Nc1c(-c2nc3cc4sc(-c5ccc6c(c5N)C(=O)c5ccccc5C6=O)nc4cc3s2)ccc2c1C(=O)c1ccccc1C2=O. The average molecular weight is 635 g/mol. The van der Waals surface area contributed by atoms with Gasteiger partial charge < -0.3 is 11.5 Å². The zero-order valence-electron chi connectivity index (χ0n) is 23.6. The van der Waals surface area contributed by atoms with Gasteiger partial charge >= 0.3 is 0 Å². The number of nitrogens with zero attached hydrogens (tertiary/aromatic N) is 2. The van der Waals surface area contributed by atoms with E-state index in [2.05, 4.69) is 0 Å². The van der Waals surface area contributed by atoms with E-state index in [4.69, 9.17) is 21.4 Å². The van der Waals surface area contributed by atoms with Crippen LogP contribution in [0.3, 0.4) is 0 Å². The minimum absolute atomic E-state index is 0.207. The summed E-state index contributed by atoms with van der Waals surface area (Å²) in [6.45, 7) is 0. The van der Waals surface area contributed by atoms with Crippen LogP contribution in [-0.2, 0) is 0 Å². The second-order valence-corrected chi connectivity index (χ2v) is 13.2. The summed E-state index contributed by atoms with van der Waals surface area (Å²) >= 11 is 2.82. The maximum absolute atomic E-state index is 13.4. The Balaban J connectivity index is 1.11. The van der Waals surface area contributed by atoms with Crippen molar-refractivity contribution in [2.75, 3.05) is 11.5 Å². The molecule has 4 N–H and O–H groups in total. The van der Waals surface area contributed by atoms with Crippen LogP contribution < -0.4 is 11.5 Å². The highest BCUT2D eigenvalue weighted by Crippen LogP contribution is 2.43. The summed E-state index contributed by atoms with van der Waals surface area (Å²) in [5.41, 5.74) is 18.6. The number of fused-ring (bicyclic) bond motifs is 6. The normalized spacial score (nSPS) is 13.6. The molecule has 9 rings (SSSR count). The maximum Gasteiger partial charge on any atom is 0.196 e. The van der Waals surface area contributed by atoms with Crippen molar-refractivity contribution < 1.29 is 19.2 Å². The summed E-state index contributed by atoms with van der Waals surface area (Å²) in [5.74, 6) is -1.01. The fraction of sp³-hybridized carbons (Fsp3) is 0. The molecule has 7 aromatic rings. The van der Waals surface area contributed by atoms with Crippen LogP contribution in [0.1, 0.15) is 63.7 Å². The van der Waals surface area contributed by atoms with Gasteiger partial charge in [0.05, 0.1) is 42.9 Å². The zero-order valence-corrected chi connectivity index (χ0v) is 25.2. The van der Waals surface area contributed by atoms with Crippen LogP contribution in [0.25, 0.3) is 41.6 Å². The van der Waals surface area contributed by atoms with Crippen LogP contribution in [-0.4, -0.2) is 33.1 Å². The van der Waals surface area contributed by atoms with E-state index in [0.717, 1.165) is 20.4 Å². The molecule has 8 nitrogen and oxygen atoms in total. The highest BCUT2D eigenvalue weighted by atomic mass is 32.1. The lowest BCUT2D eigenvalue weighted by molar-refractivity contribution is 0.0980. The van der Waals surface area contributed by atoms with Gasteiger partial charge in [-0.1, -0.05) is 48.5 Å². The van der Waals surface area contributed by atoms with Gasteiger partial charge in [-0.2, -0.15) is 0 Å². The van der Waals surface area contributed by atoms with E-state index in [1.54, 1.807) is 72.8 Å². The van der Waals surface area contributed by atoms with Gasteiger partial charge in [-0.15, -0.1) is 22.7 Å². The summed E-state index contributed by atoms with van der Waals surface area (Å²) in [6.07, 6.45) is 0. The van der Waals surface area contributed by atoms with Crippen molar-refractivity contribution in [3.63, 3.8) is 0 Å². The molecule has 10 heteroatoms. The van der Waals surface area contributed by atoms with Gasteiger partial charge in [-0.25, -0.2) is 9.97 Å². The van der Waals surface area contributed by atoms with Gasteiger partial charge in [0.2, 0.25) is 0 Å². The van der Waals surface area contributed by atoms with Crippen LogP contribution in [0, 0.1) is 0 Å². The minimum atomic E-state index is -0.278. The molecule has 0 saturated carbocycles. The number of carbonyl (C=O) groups is 4. The Kier molecular flexibility index (Phi) is 5.39. The summed E-state index contributed by atoms with van der Waals surface area (Å²) < 4.78 is 1.72. The zero-order chi connectivity index (χ0) is 31.4. The monoisotopic (exact) mass is 634 g/mol. The Morgan fingerprint density at radius 3 is 1.17 bits per heavy atom. The lowest BCUT2D eigenvalue weighted by Gasteiger charge is -2.20. The predicted octanol–water partition coefficient (Wildman–Crippen LogP) is 6.96. The molecule has 218 valence electrons. The van der Waals surface area contributed by atoms with Gasteiger partial charge in [0.1, 0.15) is 10.0 Å². The van der Waals surface area contributed by atoms with E-state index in [9.17, 15) is 19.2 Å². The van der Waals surface area contributed by atoms with Gasteiger partial charge in [-0.3, -0.25) is 19.2 Å². The molecule has 0 radical (unpaired) electrons. The summed E-state index contributed by atoms with van der Waals surface area (Å²) in [7, 11) is 0. The summed E-state index contributed by atoms with van der Waals surface area (Å²) in [4.78, 5) is 62.7. The molecule has 0 spiro atoms. The molecule has 2 aliphatic rings. The van der Waals surface area contributed by atoms with Gasteiger partial charge in [0.25, 0.3) is 0 Å². The van der Waals surface area contributed by atoms with Crippen LogP contribution in [0.2, 0.25) is 0 Å². The van der Waals surface area contributed by atoms with E-state index in [1.807, 2.05) is 12.1 Å². The quantitative estimate of drug-likeness (QED) is 0.194. The predicted molar refractivity (Wildman–Crippen MR) is 179 cm³/mol. The smallest absolute Gasteiger partial charge is 0.196 e. The third-order valence-electron chi connectivity index (χ3n) is 8.63. The second-order valence-electron chi connectivity index (χ2n) is 11.1. The fourth-order valence-electron chi connectivity index (χ4n) is 6.38. The van der Waals surface area contributed by atoms with Crippen molar-refractivity contribution in [1.82, 2.24) is 9.97 Å². The molecule has 0 bridgehead atoms. The lowest BCUT2D eigenvalue weighted by Crippen LogP contribution is -2.22. The molecule has 0 saturated heterocycles. The van der Waals surface area contributed by atoms with Crippen LogP contribution in [0.5, 0.6) is 0 Å². The number of rotatable bonds is 2. The largest absolute Gasteiger partial charge is 0.398 e. The highest BCUT2D eigenvalue weighted by molar-refractivity contribution is 7.23. The van der Waals surface area contributed by atoms with E-state index < -0.39 is 0 Å². The molecule has 0 atom stereocenters.